The summed E-state index contributed by atoms with van der Waals surface area (Å²) in [5.41, 5.74) is 0. The molecule has 34 valence electrons. The summed E-state index contributed by atoms with van der Waals surface area (Å²) in [5, 5.41) is 3.89. The van der Waals surface area contributed by atoms with E-state index in [1.165, 1.54) is 0 Å². The largest absolute Gasteiger partial charge is 0.301 e. The molecule has 0 aliphatic carbocycles. The highest BCUT2D eigenvalue weighted by atomic mass is 32.1. The van der Waals surface area contributed by atoms with Gasteiger partial charge in [0.25, 0.3) is 0 Å². The molecule has 0 bridgehead atoms. The van der Waals surface area contributed by atoms with Gasteiger partial charge in [-0.25, -0.2) is 0 Å². The lowest BCUT2D eigenvalue weighted by Crippen LogP contribution is -2.69. The lowest BCUT2D eigenvalue weighted by atomic mass is 10.7. The minimum atomic E-state index is 0.898. The summed E-state index contributed by atoms with van der Waals surface area (Å²) < 4.78 is 0. The summed E-state index contributed by atoms with van der Waals surface area (Å²) in [6.45, 7) is 2.03. The maximum atomic E-state index is 3.99. The Balaban J connectivity index is 2.45. The van der Waals surface area contributed by atoms with Gasteiger partial charge in [-0.3, -0.25) is 10.3 Å². The summed E-state index contributed by atoms with van der Waals surface area (Å²) in [5.74, 6) is 0. The zero-order chi connectivity index (χ0) is 4.41. The van der Waals surface area contributed by atoms with Gasteiger partial charge in [0.2, 0.25) is 0 Å². The number of hydrogen-bond donors (Lipinski definition) is 3. The molecule has 1 aliphatic rings. The van der Waals surface area contributed by atoms with E-state index in [2.05, 4.69) is 22.9 Å². The normalized spacial score (nSPS) is 19.8. The van der Waals surface area contributed by atoms with E-state index in [1.54, 1.807) is 0 Å². The van der Waals surface area contributed by atoms with E-state index >= 15 is 0 Å². The van der Waals surface area contributed by atoms with E-state index < -0.39 is 0 Å². The lowest BCUT2D eigenvalue weighted by Gasteiger charge is -1.74. The van der Waals surface area contributed by atoms with E-state index in [1.807, 2.05) is 0 Å². The van der Waals surface area contributed by atoms with Crippen LogP contribution in [0.2, 0.25) is 0 Å². The molecule has 1 heterocycles. The molecule has 6 heavy (non-hydrogen) atoms. The quantitative estimate of drug-likeness (QED) is 0.302. The molecule has 0 unspecified atom stereocenters. The fraction of sp³-hybridized carbons (Fsp3) is 0.667. The summed E-state index contributed by atoms with van der Waals surface area (Å²) >= 11 is 3.99. The van der Waals surface area contributed by atoms with Gasteiger partial charge in [0.15, 0.2) is 0 Å². The second-order valence-corrected chi connectivity index (χ2v) is 1.65. The second-order valence-electron chi connectivity index (χ2n) is 1.20. The van der Waals surface area contributed by atoms with Crippen molar-refractivity contribution in [2.75, 3.05) is 13.1 Å². The van der Waals surface area contributed by atoms with Crippen molar-refractivity contribution in [1.82, 2.24) is 5.32 Å². The van der Waals surface area contributed by atoms with Crippen molar-refractivity contribution in [3.63, 3.8) is 0 Å². The molecule has 2 N–H and O–H groups in total. The summed E-state index contributed by atoms with van der Waals surface area (Å²) in [4.78, 5) is 2.99. The van der Waals surface area contributed by atoms with E-state index in [4.69, 9.17) is 0 Å². The van der Waals surface area contributed by atoms with Crippen LogP contribution >= 0.6 is 12.6 Å². The van der Waals surface area contributed by atoms with Gasteiger partial charge in [0.1, 0.15) is 13.1 Å². The maximum Gasteiger partial charge on any atom is 0.301 e. The molecule has 0 atom stereocenters. The molecule has 0 spiro atoms. The standard InChI is InChI=1S/C3H6N2S/c6-3-4-1-2-5-3/h1-2H2,(H2,4,5,6)/p+1. The van der Waals surface area contributed by atoms with Crippen LogP contribution in [0.1, 0.15) is 0 Å². The minimum Gasteiger partial charge on any atom is -0.265 e. The molecule has 0 saturated heterocycles. The van der Waals surface area contributed by atoms with Gasteiger partial charge < -0.3 is 0 Å². The first-order chi connectivity index (χ1) is 2.89. The van der Waals surface area contributed by atoms with Crippen LogP contribution in [0.4, 0.5) is 0 Å². The van der Waals surface area contributed by atoms with Crippen LogP contribution in [-0.2, 0) is 0 Å². The fourth-order valence-electron chi connectivity index (χ4n) is 0.424. The molecule has 3 heteroatoms. The Morgan fingerprint density at radius 3 is 2.83 bits per heavy atom. The van der Waals surface area contributed by atoms with E-state index in [9.17, 15) is 0 Å². The highest BCUT2D eigenvalue weighted by molar-refractivity contribution is 7.96. The third-order valence-corrected chi connectivity index (χ3v) is 1.03. The van der Waals surface area contributed by atoms with Crippen molar-refractivity contribution in [2.24, 2.45) is 0 Å². The van der Waals surface area contributed by atoms with Crippen LogP contribution in [-0.4, -0.2) is 18.3 Å². The monoisotopic (exact) mass is 103 g/mol. The number of rotatable bonds is 0. The first-order valence-electron chi connectivity index (χ1n) is 1.93. The molecule has 0 saturated carbocycles. The summed E-state index contributed by atoms with van der Waals surface area (Å²) in [7, 11) is 0. The summed E-state index contributed by atoms with van der Waals surface area (Å²) in [6.07, 6.45) is 0. The fourth-order valence-corrected chi connectivity index (χ4v) is 0.648. The van der Waals surface area contributed by atoms with Crippen molar-refractivity contribution < 1.29 is 4.99 Å². The predicted octanol–water partition coefficient (Wildman–Crippen LogP) is -2.04. The first-order valence-corrected chi connectivity index (χ1v) is 2.38. The Morgan fingerprint density at radius 2 is 2.67 bits per heavy atom. The van der Waals surface area contributed by atoms with Crippen LogP contribution in [0, 0.1) is 0 Å². The van der Waals surface area contributed by atoms with Gasteiger partial charge in [-0.2, -0.15) is 0 Å². The Hall–Kier alpha value is -0.180. The maximum absolute atomic E-state index is 3.99. The number of thiol groups is 1. The molecule has 0 fully saturated rings. The smallest absolute Gasteiger partial charge is 0.265 e. The van der Waals surface area contributed by atoms with Crippen molar-refractivity contribution in [3.8, 4) is 0 Å². The van der Waals surface area contributed by atoms with Crippen LogP contribution in [0.5, 0.6) is 0 Å². The number of nitrogens with one attached hydrogen (secondary N) is 2. The highest BCUT2D eigenvalue weighted by Gasteiger charge is 2.03. The molecular formula is C3H7N2S+. The highest BCUT2D eigenvalue weighted by Crippen LogP contribution is 1.66. The van der Waals surface area contributed by atoms with Gasteiger partial charge in [-0.05, 0) is 0 Å². The Kier molecular flexibility index (Phi) is 1.01. The van der Waals surface area contributed by atoms with Gasteiger partial charge in [0, 0.05) is 0 Å². The molecule has 2 nitrogen and oxygen atoms in total. The molecule has 1 aliphatic heterocycles. The van der Waals surface area contributed by atoms with E-state index in [0.29, 0.717) is 0 Å². The topological polar surface area (TPSA) is 26.0 Å². The predicted molar refractivity (Wildman–Crippen MR) is 27.8 cm³/mol. The molecule has 0 radical (unpaired) electrons. The zero-order valence-corrected chi connectivity index (χ0v) is 4.26. The minimum absolute atomic E-state index is 0.898. The zero-order valence-electron chi connectivity index (χ0n) is 3.36. The Labute approximate surface area is 42.1 Å². The average molecular weight is 103 g/mol. The molecule has 0 aromatic carbocycles. The number of amidine groups is 1. The Morgan fingerprint density at radius 1 is 1.83 bits per heavy atom. The van der Waals surface area contributed by atoms with Crippen LogP contribution < -0.4 is 10.3 Å². The summed E-state index contributed by atoms with van der Waals surface area (Å²) in [6, 6.07) is 0. The van der Waals surface area contributed by atoms with Crippen molar-refractivity contribution in [3.05, 3.63) is 0 Å². The lowest BCUT2D eigenvalue weighted by molar-refractivity contribution is -0.441. The van der Waals surface area contributed by atoms with Gasteiger partial charge in [-0.15, -0.1) is 0 Å². The van der Waals surface area contributed by atoms with Crippen molar-refractivity contribution in [2.45, 2.75) is 0 Å². The third kappa shape index (κ3) is 0.653. The van der Waals surface area contributed by atoms with E-state index in [0.717, 1.165) is 18.3 Å². The van der Waals surface area contributed by atoms with Crippen LogP contribution in [0.15, 0.2) is 0 Å². The average Bonchev–Trinajstić information content (AvgIpc) is 1.86. The van der Waals surface area contributed by atoms with Gasteiger partial charge in [0.05, 0.1) is 0 Å². The molecule has 0 aromatic heterocycles. The SMILES string of the molecule is SC1=[NH+]CCN1. The second kappa shape index (κ2) is 1.51. The Bertz CT molecular complexity index is 78.9. The van der Waals surface area contributed by atoms with Crippen molar-refractivity contribution >= 4 is 17.8 Å². The van der Waals surface area contributed by atoms with Crippen molar-refractivity contribution in [1.29, 1.82) is 0 Å². The molecule has 1 rings (SSSR count). The van der Waals surface area contributed by atoms with Gasteiger partial charge >= 0.3 is 5.17 Å². The van der Waals surface area contributed by atoms with E-state index in [-0.39, 0.29) is 0 Å². The van der Waals surface area contributed by atoms with Gasteiger partial charge in [-0.1, -0.05) is 12.6 Å². The molecule has 0 amide bonds. The molecular weight excluding hydrogens is 96.1 g/mol. The third-order valence-electron chi connectivity index (χ3n) is 0.710. The van der Waals surface area contributed by atoms with Crippen LogP contribution in [0.3, 0.4) is 0 Å². The van der Waals surface area contributed by atoms with Crippen LogP contribution in [0.25, 0.3) is 0 Å². The molecule has 0 aromatic rings. The number of hydrogen-bond acceptors (Lipinski definition) is 1. The first kappa shape index (κ1) is 3.99.